The van der Waals surface area contributed by atoms with Crippen LogP contribution in [0.2, 0.25) is 0 Å². The quantitative estimate of drug-likeness (QED) is 0.601. The van der Waals surface area contributed by atoms with Crippen molar-refractivity contribution in [3.63, 3.8) is 0 Å². The van der Waals surface area contributed by atoms with Crippen LogP contribution in [0.4, 0.5) is 4.39 Å². The molecule has 3 N–H and O–H groups in total. The summed E-state index contributed by atoms with van der Waals surface area (Å²) in [4.78, 5) is 14.3. The molecule has 0 unspecified atom stereocenters. The summed E-state index contributed by atoms with van der Waals surface area (Å²) in [5.74, 6) is -0.477. The van der Waals surface area contributed by atoms with Crippen molar-refractivity contribution in [3.8, 4) is 11.3 Å². The fraction of sp³-hybridized carbons (Fsp3) is 0.263. The summed E-state index contributed by atoms with van der Waals surface area (Å²) in [6.07, 6.45) is 2.21. The summed E-state index contributed by atoms with van der Waals surface area (Å²) in [6, 6.07) is 7.93. The van der Waals surface area contributed by atoms with Crippen molar-refractivity contribution in [2.75, 3.05) is 6.54 Å². The molecule has 1 atom stereocenters. The first kappa shape index (κ1) is 19.7. The molecular weight excluding hydrogens is 431 g/mol. The van der Waals surface area contributed by atoms with E-state index in [1.807, 2.05) is 26.1 Å². The molecule has 0 radical (unpaired) electrons. The van der Waals surface area contributed by atoms with E-state index in [2.05, 4.69) is 26.3 Å². The molecule has 1 aromatic carbocycles. The number of amides is 1. The molecule has 1 amide bonds. The van der Waals surface area contributed by atoms with Gasteiger partial charge < -0.3 is 11.1 Å². The number of aromatic nitrogens is 2. The van der Waals surface area contributed by atoms with E-state index in [9.17, 15) is 9.18 Å². The third-order valence-corrected chi connectivity index (χ3v) is 5.91. The normalized spacial score (nSPS) is 12.2. The molecule has 8 heteroatoms. The average molecular weight is 451 g/mol. The maximum atomic E-state index is 13.4. The molecule has 0 spiro atoms. The van der Waals surface area contributed by atoms with Gasteiger partial charge in [0.05, 0.1) is 21.2 Å². The Labute approximate surface area is 169 Å². The van der Waals surface area contributed by atoms with Gasteiger partial charge in [-0.25, -0.2) is 4.39 Å². The molecule has 5 nitrogen and oxygen atoms in total. The van der Waals surface area contributed by atoms with Gasteiger partial charge in [0.25, 0.3) is 5.91 Å². The number of hydrogen-bond acceptors (Lipinski definition) is 4. The number of carbonyl (C=O) groups excluding carboxylic acids is 1. The van der Waals surface area contributed by atoms with E-state index in [-0.39, 0.29) is 24.3 Å². The molecule has 0 bridgehead atoms. The Bertz CT molecular complexity index is 949. The highest BCUT2D eigenvalue weighted by Crippen LogP contribution is 2.35. The van der Waals surface area contributed by atoms with Crippen LogP contribution in [0.25, 0.3) is 11.3 Å². The van der Waals surface area contributed by atoms with E-state index in [4.69, 9.17) is 5.73 Å². The standard InChI is InChI=1S/C19H20BrFN4OS/c1-11-15(18-16(20)10-23-25(18)2)8-17(27-11)19(26)24-14(9-22)7-12-4-3-5-13(21)6-12/h3-6,8,10,14H,7,9,22H2,1-2H3,(H,24,26)/t14-/m0/s1. The van der Waals surface area contributed by atoms with E-state index < -0.39 is 0 Å². The highest BCUT2D eigenvalue weighted by Gasteiger charge is 2.20. The molecule has 0 aliphatic carbocycles. The maximum absolute atomic E-state index is 13.4. The van der Waals surface area contributed by atoms with Crippen LogP contribution >= 0.6 is 27.3 Å². The van der Waals surface area contributed by atoms with E-state index in [0.717, 1.165) is 26.2 Å². The van der Waals surface area contributed by atoms with Crippen LogP contribution in [0, 0.1) is 12.7 Å². The van der Waals surface area contributed by atoms with Crippen molar-refractivity contribution in [1.82, 2.24) is 15.1 Å². The van der Waals surface area contributed by atoms with Gasteiger partial charge in [-0.15, -0.1) is 11.3 Å². The lowest BCUT2D eigenvalue weighted by atomic mass is 10.1. The van der Waals surface area contributed by atoms with Crippen LogP contribution in [-0.4, -0.2) is 28.3 Å². The first-order chi connectivity index (χ1) is 12.9. The fourth-order valence-electron chi connectivity index (χ4n) is 2.94. The summed E-state index contributed by atoms with van der Waals surface area (Å²) < 4.78 is 16.0. The van der Waals surface area contributed by atoms with E-state index in [1.165, 1.54) is 23.5 Å². The number of thiophene rings is 1. The lowest BCUT2D eigenvalue weighted by molar-refractivity contribution is 0.0942. The molecule has 0 aliphatic rings. The average Bonchev–Trinajstić information content (AvgIpc) is 3.16. The van der Waals surface area contributed by atoms with E-state index in [0.29, 0.717) is 11.3 Å². The number of rotatable bonds is 6. The van der Waals surface area contributed by atoms with Gasteiger partial charge in [-0.05, 0) is 53.0 Å². The number of carbonyl (C=O) groups is 1. The summed E-state index contributed by atoms with van der Waals surface area (Å²) >= 11 is 4.93. The maximum Gasteiger partial charge on any atom is 0.261 e. The Morgan fingerprint density at radius 3 is 2.85 bits per heavy atom. The predicted octanol–water partition coefficient (Wildman–Crippen LogP) is 3.66. The minimum absolute atomic E-state index is 0.181. The van der Waals surface area contributed by atoms with E-state index >= 15 is 0 Å². The molecule has 2 aromatic heterocycles. The number of benzene rings is 1. The lowest BCUT2D eigenvalue weighted by Gasteiger charge is -2.16. The molecule has 3 rings (SSSR count). The van der Waals surface area contributed by atoms with Gasteiger partial charge in [0, 0.05) is 30.1 Å². The highest BCUT2D eigenvalue weighted by molar-refractivity contribution is 9.10. The van der Waals surface area contributed by atoms with Crippen molar-refractivity contribution < 1.29 is 9.18 Å². The lowest BCUT2D eigenvalue weighted by Crippen LogP contribution is -2.41. The minimum atomic E-state index is -0.296. The van der Waals surface area contributed by atoms with Crippen LogP contribution in [0.15, 0.2) is 41.0 Å². The number of nitrogens with one attached hydrogen (secondary N) is 1. The molecule has 2 heterocycles. The second-order valence-electron chi connectivity index (χ2n) is 6.29. The fourth-order valence-corrected chi connectivity index (χ4v) is 4.43. The minimum Gasteiger partial charge on any atom is -0.347 e. The third kappa shape index (κ3) is 4.45. The Morgan fingerprint density at radius 1 is 1.44 bits per heavy atom. The zero-order valence-electron chi connectivity index (χ0n) is 15.0. The second-order valence-corrected chi connectivity index (χ2v) is 8.40. The molecular formula is C19H20BrFN4OS. The SMILES string of the molecule is Cc1sc(C(=O)N[C@H](CN)Cc2cccc(F)c2)cc1-c1c(Br)cnn1C. The first-order valence-corrected chi connectivity index (χ1v) is 10.0. The van der Waals surface area contributed by atoms with Gasteiger partial charge >= 0.3 is 0 Å². The molecule has 0 fully saturated rings. The Kier molecular flexibility index (Phi) is 6.08. The van der Waals surface area contributed by atoms with Crippen LogP contribution < -0.4 is 11.1 Å². The monoisotopic (exact) mass is 450 g/mol. The topological polar surface area (TPSA) is 72.9 Å². The molecule has 0 saturated heterocycles. The number of nitrogens with two attached hydrogens (primary N) is 1. The van der Waals surface area contributed by atoms with Crippen LogP contribution in [0.5, 0.6) is 0 Å². The van der Waals surface area contributed by atoms with Crippen LogP contribution in [0.1, 0.15) is 20.1 Å². The predicted molar refractivity (Wildman–Crippen MR) is 109 cm³/mol. The van der Waals surface area contributed by atoms with Gasteiger partial charge in [0.2, 0.25) is 0 Å². The van der Waals surface area contributed by atoms with Crippen molar-refractivity contribution in [2.45, 2.75) is 19.4 Å². The van der Waals surface area contributed by atoms with Gasteiger partial charge in [-0.1, -0.05) is 12.1 Å². The Balaban J connectivity index is 1.76. The summed E-state index contributed by atoms with van der Waals surface area (Å²) in [5, 5.41) is 7.19. The second kappa shape index (κ2) is 8.33. The van der Waals surface area contributed by atoms with Crippen molar-refractivity contribution in [1.29, 1.82) is 0 Å². The van der Waals surface area contributed by atoms with Crippen LogP contribution in [-0.2, 0) is 13.5 Å². The smallest absolute Gasteiger partial charge is 0.261 e. The molecule has 0 aliphatic heterocycles. The number of aryl methyl sites for hydroxylation is 2. The zero-order chi connectivity index (χ0) is 19.6. The van der Waals surface area contributed by atoms with Crippen molar-refractivity contribution >= 4 is 33.2 Å². The van der Waals surface area contributed by atoms with E-state index in [1.54, 1.807) is 16.9 Å². The van der Waals surface area contributed by atoms with Crippen LogP contribution in [0.3, 0.4) is 0 Å². The van der Waals surface area contributed by atoms with Gasteiger partial charge in [0.1, 0.15) is 5.82 Å². The Hall–Kier alpha value is -2.03. The molecule has 27 heavy (non-hydrogen) atoms. The number of hydrogen-bond donors (Lipinski definition) is 2. The third-order valence-electron chi connectivity index (χ3n) is 4.28. The number of halogens is 2. The largest absolute Gasteiger partial charge is 0.347 e. The Morgan fingerprint density at radius 2 is 2.22 bits per heavy atom. The van der Waals surface area contributed by atoms with Crippen molar-refractivity contribution in [2.24, 2.45) is 12.8 Å². The first-order valence-electron chi connectivity index (χ1n) is 8.42. The van der Waals surface area contributed by atoms with Crippen molar-refractivity contribution in [3.05, 3.63) is 62.1 Å². The summed E-state index contributed by atoms with van der Waals surface area (Å²) in [5.41, 5.74) is 8.51. The summed E-state index contributed by atoms with van der Waals surface area (Å²) in [7, 11) is 1.86. The molecule has 0 saturated carbocycles. The van der Waals surface area contributed by atoms with Gasteiger partial charge in [-0.3, -0.25) is 9.48 Å². The zero-order valence-corrected chi connectivity index (χ0v) is 17.4. The molecule has 142 valence electrons. The molecule has 3 aromatic rings. The summed E-state index contributed by atoms with van der Waals surface area (Å²) in [6.45, 7) is 2.25. The number of nitrogens with zero attached hydrogens (tertiary/aromatic N) is 2. The van der Waals surface area contributed by atoms with Gasteiger partial charge in [0.15, 0.2) is 0 Å². The highest BCUT2D eigenvalue weighted by atomic mass is 79.9. The van der Waals surface area contributed by atoms with Gasteiger partial charge in [-0.2, -0.15) is 5.10 Å².